The zero-order chi connectivity index (χ0) is 22.1. The number of carbonyl (C=O) groups excluding carboxylic acids is 1. The van der Waals surface area contributed by atoms with Crippen LogP contribution in [0, 0.1) is 34.6 Å². The third kappa shape index (κ3) is 4.49. The van der Waals surface area contributed by atoms with Crippen LogP contribution < -0.4 is 10.1 Å². The van der Waals surface area contributed by atoms with E-state index in [0.29, 0.717) is 6.61 Å². The Morgan fingerprint density at radius 2 is 1.81 bits per heavy atom. The smallest absolute Gasteiger partial charge is 0.253 e. The van der Waals surface area contributed by atoms with Crippen molar-refractivity contribution >= 4 is 11.6 Å². The molecule has 0 spiro atoms. The molecule has 2 aromatic carbocycles. The monoisotopic (exact) mass is 420 g/mol. The average Bonchev–Trinajstić information content (AvgIpc) is 3.34. The minimum absolute atomic E-state index is 0.0900. The summed E-state index contributed by atoms with van der Waals surface area (Å²) in [6.07, 6.45) is 1.34. The van der Waals surface area contributed by atoms with E-state index in [2.05, 4.69) is 16.5 Å². The fourth-order valence-corrected chi connectivity index (χ4v) is 4.15. The van der Waals surface area contributed by atoms with Gasteiger partial charge in [-0.2, -0.15) is 0 Å². The summed E-state index contributed by atoms with van der Waals surface area (Å²) in [5.41, 5.74) is 6.60. The second-order valence-electron chi connectivity index (χ2n) is 8.27. The molecular weight excluding hydrogens is 392 g/mol. The molecule has 0 bridgehead atoms. The van der Waals surface area contributed by atoms with Crippen LogP contribution in [0.3, 0.4) is 0 Å². The molecule has 6 heteroatoms. The molecule has 1 aromatic heterocycles. The molecule has 2 heterocycles. The fourth-order valence-electron chi connectivity index (χ4n) is 4.15. The molecule has 1 amide bonds. The van der Waals surface area contributed by atoms with E-state index < -0.39 is 0 Å². The number of anilines is 1. The predicted molar refractivity (Wildman–Crippen MR) is 120 cm³/mol. The van der Waals surface area contributed by atoms with E-state index in [9.17, 15) is 4.79 Å². The predicted octanol–water partition coefficient (Wildman–Crippen LogP) is 5.79. The van der Waals surface area contributed by atoms with Crippen LogP contribution in [-0.4, -0.2) is 23.8 Å². The van der Waals surface area contributed by atoms with Gasteiger partial charge in [-0.1, -0.05) is 11.2 Å². The van der Waals surface area contributed by atoms with E-state index in [1.165, 1.54) is 0 Å². The molecule has 31 heavy (non-hydrogen) atoms. The van der Waals surface area contributed by atoms with Gasteiger partial charge in [-0.3, -0.25) is 4.79 Å². The summed E-state index contributed by atoms with van der Waals surface area (Å²) in [4.78, 5) is 12.4. The molecule has 3 aromatic rings. The van der Waals surface area contributed by atoms with Gasteiger partial charge in [0.25, 0.3) is 5.91 Å². The first-order chi connectivity index (χ1) is 14.8. The molecule has 6 nitrogen and oxygen atoms in total. The molecule has 1 saturated heterocycles. The van der Waals surface area contributed by atoms with Gasteiger partial charge in [0.1, 0.15) is 23.4 Å². The summed E-state index contributed by atoms with van der Waals surface area (Å²) in [7, 11) is 0. The number of aromatic nitrogens is 1. The van der Waals surface area contributed by atoms with Crippen molar-refractivity contribution in [2.45, 2.75) is 53.6 Å². The van der Waals surface area contributed by atoms with Crippen molar-refractivity contribution in [3.8, 4) is 22.6 Å². The maximum absolute atomic E-state index is 12.4. The molecule has 1 atom stereocenters. The van der Waals surface area contributed by atoms with Crippen molar-refractivity contribution in [2.75, 3.05) is 11.9 Å². The third-order valence-electron chi connectivity index (χ3n) is 5.54. The van der Waals surface area contributed by atoms with Crippen molar-refractivity contribution in [2.24, 2.45) is 0 Å². The van der Waals surface area contributed by atoms with Crippen LogP contribution in [0.25, 0.3) is 11.1 Å². The van der Waals surface area contributed by atoms with Gasteiger partial charge < -0.3 is 19.3 Å². The minimum Gasteiger partial charge on any atom is -0.457 e. The Kier molecular flexibility index (Phi) is 5.83. The number of aryl methyl sites for hydroxylation is 5. The van der Waals surface area contributed by atoms with Gasteiger partial charge in [-0.15, -0.1) is 0 Å². The lowest BCUT2D eigenvalue weighted by molar-refractivity contribution is -0.124. The summed E-state index contributed by atoms with van der Waals surface area (Å²) < 4.78 is 17.1. The normalized spacial score (nSPS) is 15.8. The zero-order valence-electron chi connectivity index (χ0n) is 18.7. The van der Waals surface area contributed by atoms with E-state index in [0.717, 1.165) is 69.3 Å². The Morgan fingerprint density at radius 3 is 2.42 bits per heavy atom. The Morgan fingerprint density at radius 1 is 1.06 bits per heavy atom. The van der Waals surface area contributed by atoms with Crippen LogP contribution in [0.1, 0.15) is 41.0 Å². The van der Waals surface area contributed by atoms with E-state index in [1.807, 2.05) is 58.9 Å². The molecule has 162 valence electrons. The third-order valence-corrected chi connectivity index (χ3v) is 5.54. The molecule has 1 N–H and O–H groups in total. The van der Waals surface area contributed by atoms with Crippen LogP contribution in [0.15, 0.2) is 34.9 Å². The van der Waals surface area contributed by atoms with Gasteiger partial charge in [0.15, 0.2) is 0 Å². The molecular formula is C25H28N2O4. The number of ether oxygens (including phenoxy) is 2. The van der Waals surface area contributed by atoms with Crippen LogP contribution in [0.5, 0.6) is 11.5 Å². The van der Waals surface area contributed by atoms with Crippen LogP contribution in [0.4, 0.5) is 5.69 Å². The molecule has 1 unspecified atom stereocenters. The quantitative estimate of drug-likeness (QED) is 0.565. The summed E-state index contributed by atoms with van der Waals surface area (Å²) in [5, 5.41) is 7.04. The van der Waals surface area contributed by atoms with Crippen LogP contribution in [0.2, 0.25) is 0 Å². The molecule has 0 radical (unpaired) electrons. The first-order valence-electron chi connectivity index (χ1n) is 10.6. The molecule has 0 aliphatic carbocycles. The van der Waals surface area contributed by atoms with Gasteiger partial charge >= 0.3 is 0 Å². The van der Waals surface area contributed by atoms with Crippen molar-refractivity contribution < 1.29 is 18.8 Å². The first kappa shape index (κ1) is 21.1. The van der Waals surface area contributed by atoms with Crippen molar-refractivity contribution in [3.05, 3.63) is 58.5 Å². The Hall–Kier alpha value is -3.12. The number of hydrogen-bond acceptors (Lipinski definition) is 5. The Labute approximate surface area is 182 Å². The number of hydrogen-bond donors (Lipinski definition) is 1. The minimum atomic E-state index is -0.355. The Balaban J connectivity index is 1.59. The number of nitrogens with zero attached hydrogens (tertiary/aromatic N) is 1. The zero-order valence-corrected chi connectivity index (χ0v) is 18.7. The number of rotatable bonds is 5. The highest BCUT2D eigenvalue weighted by molar-refractivity contribution is 5.94. The number of nitrogens with one attached hydrogen (secondary N) is 1. The van der Waals surface area contributed by atoms with Crippen molar-refractivity contribution in [3.63, 3.8) is 0 Å². The van der Waals surface area contributed by atoms with Gasteiger partial charge in [0.2, 0.25) is 0 Å². The standard InChI is InChI=1S/C25H28N2O4/c1-14-9-19(23-17(4)27-31-18(23)5)13-21(10-14)30-24-15(2)11-20(12-16(24)3)26-25(28)22-7-6-8-29-22/h9-13,22H,6-8H2,1-5H3,(H,26,28). The molecule has 1 aliphatic rings. The topological polar surface area (TPSA) is 73.6 Å². The number of benzene rings is 2. The summed E-state index contributed by atoms with van der Waals surface area (Å²) in [5.74, 6) is 2.23. The first-order valence-corrected chi connectivity index (χ1v) is 10.6. The second kappa shape index (κ2) is 8.55. The van der Waals surface area contributed by atoms with Crippen molar-refractivity contribution in [1.29, 1.82) is 0 Å². The van der Waals surface area contributed by atoms with Gasteiger partial charge in [-0.05, 0) is 94.0 Å². The maximum Gasteiger partial charge on any atom is 0.253 e. The number of carbonyl (C=O) groups is 1. The van der Waals surface area contributed by atoms with E-state index >= 15 is 0 Å². The lowest BCUT2D eigenvalue weighted by Gasteiger charge is -2.16. The SMILES string of the molecule is Cc1cc(Oc2c(C)cc(NC(=O)C3CCCO3)cc2C)cc(-c2c(C)noc2C)c1. The highest BCUT2D eigenvalue weighted by Crippen LogP contribution is 2.36. The van der Waals surface area contributed by atoms with Crippen molar-refractivity contribution in [1.82, 2.24) is 5.16 Å². The lowest BCUT2D eigenvalue weighted by atomic mass is 10.0. The second-order valence-corrected chi connectivity index (χ2v) is 8.27. The fraction of sp³-hybridized carbons (Fsp3) is 0.360. The van der Waals surface area contributed by atoms with Gasteiger partial charge in [-0.25, -0.2) is 0 Å². The van der Waals surface area contributed by atoms with Crippen LogP contribution >= 0.6 is 0 Å². The van der Waals surface area contributed by atoms with Gasteiger partial charge in [0.05, 0.1) is 5.69 Å². The summed E-state index contributed by atoms with van der Waals surface area (Å²) >= 11 is 0. The number of amides is 1. The largest absolute Gasteiger partial charge is 0.457 e. The highest BCUT2D eigenvalue weighted by atomic mass is 16.5. The molecule has 0 saturated carbocycles. The van der Waals surface area contributed by atoms with E-state index in [4.69, 9.17) is 14.0 Å². The maximum atomic E-state index is 12.4. The van der Waals surface area contributed by atoms with E-state index in [1.54, 1.807) is 0 Å². The molecule has 4 rings (SSSR count). The average molecular weight is 421 g/mol. The van der Waals surface area contributed by atoms with Gasteiger partial charge in [0, 0.05) is 17.9 Å². The molecule has 1 aliphatic heterocycles. The Bertz CT molecular complexity index is 1080. The lowest BCUT2D eigenvalue weighted by Crippen LogP contribution is -2.26. The highest BCUT2D eigenvalue weighted by Gasteiger charge is 2.24. The molecule has 1 fully saturated rings. The summed E-state index contributed by atoms with van der Waals surface area (Å²) in [6.45, 7) is 10.5. The van der Waals surface area contributed by atoms with Crippen LogP contribution in [-0.2, 0) is 9.53 Å². The van der Waals surface area contributed by atoms with E-state index in [-0.39, 0.29) is 12.0 Å². The summed E-state index contributed by atoms with van der Waals surface area (Å²) in [6, 6.07) is 9.97.